The van der Waals surface area contributed by atoms with Gasteiger partial charge in [0.1, 0.15) is 22.8 Å². The van der Waals surface area contributed by atoms with E-state index < -0.39 is 0 Å². The number of hydrogen-bond acceptors (Lipinski definition) is 4. The number of amides is 1. The molecular formula is C23H29NO4. The second kappa shape index (κ2) is 8.13. The molecule has 0 bridgehead atoms. The fourth-order valence-electron chi connectivity index (χ4n) is 3.71. The lowest BCUT2D eigenvalue weighted by molar-refractivity contribution is -0.122. The molecule has 1 aliphatic heterocycles. The lowest BCUT2D eigenvalue weighted by atomic mass is 9.89. The van der Waals surface area contributed by atoms with Gasteiger partial charge in [0.05, 0.1) is 20.3 Å². The molecule has 1 heterocycles. The van der Waals surface area contributed by atoms with Gasteiger partial charge in [-0.1, -0.05) is 12.1 Å². The van der Waals surface area contributed by atoms with E-state index >= 15 is 0 Å². The Hall–Kier alpha value is -2.69. The van der Waals surface area contributed by atoms with Gasteiger partial charge in [-0.3, -0.25) is 4.79 Å². The monoisotopic (exact) mass is 383 g/mol. The molecule has 2 aromatic carbocycles. The lowest BCUT2D eigenvalue weighted by Gasteiger charge is -2.38. The largest absolute Gasteiger partial charge is 0.497 e. The Morgan fingerprint density at radius 2 is 1.96 bits per heavy atom. The van der Waals surface area contributed by atoms with Crippen molar-refractivity contribution in [2.24, 2.45) is 0 Å². The summed E-state index contributed by atoms with van der Waals surface area (Å²) in [5, 5.41) is 3.19. The smallest absolute Gasteiger partial charge is 0.220 e. The van der Waals surface area contributed by atoms with Crippen molar-refractivity contribution in [2.45, 2.75) is 51.7 Å². The maximum absolute atomic E-state index is 12.7. The first kappa shape index (κ1) is 20.1. The summed E-state index contributed by atoms with van der Waals surface area (Å²) in [6.07, 6.45) is 1.83. The Bertz CT molecular complexity index is 860. The Balaban J connectivity index is 1.69. The van der Waals surface area contributed by atoms with E-state index in [1.54, 1.807) is 14.2 Å². The summed E-state index contributed by atoms with van der Waals surface area (Å²) in [6, 6.07) is 11.7. The first-order valence-electron chi connectivity index (χ1n) is 9.61. The number of hydrogen-bond donors (Lipinski definition) is 1. The molecule has 0 radical (unpaired) electrons. The molecule has 1 amide bonds. The van der Waals surface area contributed by atoms with Gasteiger partial charge in [0.15, 0.2) is 0 Å². The topological polar surface area (TPSA) is 56.8 Å². The van der Waals surface area contributed by atoms with Gasteiger partial charge < -0.3 is 19.5 Å². The molecule has 150 valence electrons. The number of rotatable bonds is 6. The number of benzene rings is 2. The zero-order chi connectivity index (χ0) is 20.3. The van der Waals surface area contributed by atoms with Crippen LogP contribution >= 0.6 is 0 Å². The molecule has 1 aliphatic rings. The molecule has 3 rings (SSSR count). The van der Waals surface area contributed by atoms with E-state index in [-0.39, 0.29) is 17.6 Å². The van der Waals surface area contributed by atoms with Crippen molar-refractivity contribution in [1.29, 1.82) is 0 Å². The quantitative estimate of drug-likeness (QED) is 0.805. The van der Waals surface area contributed by atoms with Gasteiger partial charge in [-0.15, -0.1) is 0 Å². The number of methoxy groups -OCH3 is 2. The fourth-order valence-corrected chi connectivity index (χ4v) is 3.71. The van der Waals surface area contributed by atoms with Crippen molar-refractivity contribution in [1.82, 2.24) is 5.32 Å². The molecule has 0 aromatic heterocycles. The first-order valence-corrected chi connectivity index (χ1v) is 9.61. The standard InChI is InChI=1S/C23H29NO4/c1-15-12-16(6-9-20(15)27-5)7-11-22(25)24-19-14-23(2,3)28-21-10-8-17(26-4)13-18(19)21/h6,8-10,12-13,19H,7,11,14H2,1-5H3,(H,24,25)/t19-/m1/s1. The molecule has 2 aromatic rings. The molecule has 0 spiro atoms. The molecular weight excluding hydrogens is 354 g/mol. The van der Waals surface area contributed by atoms with Crippen LogP contribution in [0.2, 0.25) is 0 Å². The zero-order valence-corrected chi connectivity index (χ0v) is 17.3. The average molecular weight is 383 g/mol. The maximum Gasteiger partial charge on any atom is 0.220 e. The SMILES string of the molecule is COc1ccc2c(c1)[C@H](NC(=O)CCc1ccc(OC)c(C)c1)CC(C)(C)O2. The molecule has 28 heavy (non-hydrogen) atoms. The zero-order valence-electron chi connectivity index (χ0n) is 17.3. The summed E-state index contributed by atoms with van der Waals surface area (Å²) in [4.78, 5) is 12.7. The number of aryl methyl sites for hydroxylation is 2. The van der Waals surface area contributed by atoms with Crippen molar-refractivity contribution in [3.05, 3.63) is 53.1 Å². The van der Waals surface area contributed by atoms with Crippen LogP contribution in [0.15, 0.2) is 36.4 Å². The maximum atomic E-state index is 12.7. The van der Waals surface area contributed by atoms with Crippen molar-refractivity contribution in [3.8, 4) is 17.2 Å². The van der Waals surface area contributed by atoms with Gasteiger partial charge in [0.2, 0.25) is 5.91 Å². The van der Waals surface area contributed by atoms with Gasteiger partial charge in [-0.25, -0.2) is 0 Å². The van der Waals surface area contributed by atoms with E-state index in [0.717, 1.165) is 33.9 Å². The van der Waals surface area contributed by atoms with E-state index in [1.165, 1.54) is 0 Å². The highest BCUT2D eigenvalue weighted by Gasteiger charge is 2.34. The van der Waals surface area contributed by atoms with Crippen LogP contribution in [-0.4, -0.2) is 25.7 Å². The molecule has 1 atom stereocenters. The summed E-state index contributed by atoms with van der Waals surface area (Å²) in [6.45, 7) is 6.09. The molecule has 0 unspecified atom stereocenters. The van der Waals surface area contributed by atoms with Crippen molar-refractivity contribution in [3.63, 3.8) is 0 Å². The Morgan fingerprint density at radius 3 is 2.64 bits per heavy atom. The van der Waals surface area contributed by atoms with Gasteiger partial charge in [0, 0.05) is 18.4 Å². The van der Waals surface area contributed by atoms with Gasteiger partial charge >= 0.3 is 0 Å². The molecule has 0 aliphatic carbocycles. The minimum Gasteiger partial charge on any atom is -0.497 e. The minimum absolute atomic E-state index is 0.0324. The summed E-state index contributed by atoms with van der Waals surface area (Å²) < 4.78 is 16.7. The highest BCUT2D eigenvalue weighted by Crippen LogP contribution is 2.41. The third kappa shape index (κ3) is 4.58. The Morgan fingerprint density at radius 1 is 1.18 bits per heavy atom. The van der Waals surface area contributed by atoms with Crippen LogP contribution in [0.1, 0.15) is 49.4 Å². The van der Waals surface area contributed by atoms with Crippen molar-refractivity contribution < 1.29 is 19.0 Å². The number of ether oxygens (including phenoxy) is 3. The van der Waals surface area contributed by atoms with Crippen LogP contribution in [-0.2, 0) is 11.2 Å². The minimum atomic E-state index is -0.341. The van der Waals surface area contributed by atoms with Crippen LogP contribution in [0.3, 0.4) is 0 Å². The normalized spacial score (nSPS) is 17.2. The van der Waals surface area contributed by atoms with Gasteiger partial charge in [0.25, 0.3) is 0 Å². The van der Waals surface area contributed by atoms with Crippen LogP contribution in [0, 0.1) is 6.92 Å². The number of fused-ring (bicyclic) bond motifs is 1. The van der Waals surface area contributed by atoms with E-state index in [2.05, 4.69) is 11.4 Å². The second-order valence-corrected chi connectivity index (χ2v) is 7.89. The number of carbonyl (C=O) groups is 1. The number of carbonyl (C=O) groups excluding carboxylic acids is 1. The molecule has 0 saturated heterocycles. The fraction of sp³-hybridized carbons (Fsp3) is 0.435. The van der Waals surface area contributed by atoms with E-state index in [9.17, 15) is 4.79 Å². The number of nitrogens with one attached hydrogen (secondary N) is 1. The molecule has 0 fully saturated rings. The highest BCUT2D eigenvalue weighted by atomic mass is 16.5. The third-order valence-corrected chi connectivity index (χ3v) is 5.11. The second-order valence-electron chi connectivity index (χ2n) is 7.89. The summed E-state index contributed by atoms with van der Waals surface area (Å²) in [5.74, 6) is 2.45. The Kier molecular flexibility index (Phi) is 5.82. The lowest BCUT2D eigenvalue weighted by Crippen LogP contribution is -2.41. The summed E-state index contributed by atoms with van der Waals surface area (Å²) in [5.41, 5.74) is 2.83. The average Bonchev–Trinajstić information content (AvgIpc) is 2.65. The Labute approximate surface area is 167 Å². The van der Waals surface area contributed by atoms with Crippen molar-refractivity contribution in [2.75, 3.05) is 14.2 Å². The third-order valence-electron chi connectivity index (χ3n) is 5.11. The molecule has 5 heteroatoms. The van der Waals surface area contributed by atoms with Crippen LogP contribution in [0.5, 0.6) is 17.2 Å². The summed E-state index contributed by atoms with van der Waals surface area (Å²) in [7, 11) is 3.30. The predicted molar refractivity (Wildman–Crippen MR) is 109 cm³/mol. The first-order chi connectivity index (χ1) is 13.3. The van der Waals surface area contributed by atoms with Gasteiger partial charge in [-0.2, -0.15) is 0 Å². The summed E-state index contributed by atoms with van der Waals surface area (Å²) >= 11 is 0. The van der Waals surface area contributed by atoms with Crippen molar-refractivity contribution >= 4 is 5.91 Å². The van der Waals surface area contributed by atoms with Gasteiger partial charge in [-0.05, 0) is 62.6 Å². The predicted octanol–water partition coefficient (Wildman–Crippen LogP) is 4.36. The van der Waals surface area contributed by atoms with Crippen LogP contribution < -0.4 is 19.5 Å². The van der Waals surface area contributed by atoms with Crippen LogP contribution in [0.4, 0.5) is 0 Å². The molecule has 0 saturated carbocycles. The molecule has 1 N–H and O–H groups in total. The molecule has 5 nitrogen and oxygen atoms in total. The van der Waals surface area contributed by atoms with E-state index in [1.807, 2.05) is 51.1 Å². The van der Waals surface area contributed by atoms with E-state index in [0.29, 0.717) is 19.3 Å². The van der Waals surface area contributed by atoms with E-state index in [4.69, 9.17) is 14.2 Å². The highest BCUT2D eigenvalue weighted by molar-refractivity contribution is 5.77. The van der Waals surface area contributed by atoms with Crippen LogP contribution in [0.25, 0.3) is 0 Å².